The van der Waals surface area contributed by atoms with Crippen LogP contribution in [-0.2, 0) is 0 Å². The Bertz CT molecular complexity index is 982. The summed E-state index contributed by atoms with van der Waals surface area (Å²) in [5.74, 6) is -0.179. The average molecular weight is 325 g/mol. The van der Waals surface area contributed by atoms with Crippen molar-refractivity contribution in [1.82, 2.24) is 9.55 Å². The van der Waals surface area contributed by atoms with E-state index in [-0.39, 0.29) is 11.3 Å². The first kappa shape index (κ1) is 15.8. The van der Waals surface area contributed by atoms with E-state index in [1.807, 2.05) is 6.07 Å². The molecule has 4 nitrogen and oxygen atoms in total. The number of pyridine rings is 1. The maximum absolute atomic E-state index is 13.0. The number of rotatable bonds is 3. The fourth-order valence-corrected chi connectivity index (χ4v) is 2.85. The second-order valence-corrected chi connectivity index (χ2v) is 5.45. The summed E-state index contributed by atoms with van der Waals surface area (Å²) in [7, 11) is 0. The van der Waals surface area contributed by atoms with Crippen LogP contribution in [0.3, 0.4) is 0 Å². The first-order chi connectivity index (χ1) is 11.4. The van der Waals surface area contributed by atoms with Crippen LogP contribution in [0.5, 0.6) is 0 Å². The molecule has 0 aliphatic carbocycles. The van der Waals surface area contributed by atoms with Gasteiger partial charge >= 0.3 is 0 Å². The van der Waals surface area contributed by atoms with Gasteiger partial charge in [0.25, 0.3) is 6.43 Å². The molecule has 1 aromatic carbocycles. The van der Waals surface area contributed by atoms with E-state index in [0.29, 0.717) is 33.5 Å². The number of Topliss-reactive ketones (excluding diaryl/α,β-unsaturated/α-hetero) is 1. The summed E-state index contributed by atoms with van der Waals surface area (Å²) in [4.78, 5) is 16.1. The van der Waals surface area contributed by atoms with Gasteiger partial charge in [-0.1, -0.05) is 0 Å². The second-order valence-electron chi connectivity index (χ2n) is 5.45. The van der Waals surface area contributed by atoms with Gasteiger partial charge in [-0.2, -0.15) is 5.26 Å². The summed E-state index contributed by atoms with van der Waals surface area (Å²) >= 11 is 0. The van der Waals surface area contributed by atoms with E-state index in [1.54, 1.807) is 35.8 Å². The maximum Gasteiger partial charge on any atom is 0.265 e. The number of benzene rings is 1. The van der Waals surface area contributed by atoms with Crippen LogP contribution in [0.4, 0.5) is 8.78 Å². The highest BCUT2D eigenvalue weighted by molar-refractivity contribution is 6.07. The van der Waals surface area contributed by atoms with Gasteiger partial charge in [0.05, 0.1) is 28.2 Å². The van der Waals surface area contributed by atoms with Gasteiger partial charge in [-0.15, -0.1) is 0 Å². The number of aromatic nitrogens is 2. The Labute approximate surface area is 137 Å². The van der Waals surface area contributed by atoms with E-state index in [0.717, 1.165) is 6.20 Å². The third-order valence-corrected chi connectivity index (χ3v) is 3.92. The lowest BCUT2D eigenvalue weighted by Gasteiger charge is -2.09. The largest absolute Gasteiger partial charge is 0.312 e. The topological polar surface area (TPSA) is 58.7 Å². The number of alkyl halides is 2. The fourth-order valence-electron chi connectivity index (χ4n) is 2.85. The molecule has 0 atom stereocenters. The van der Waals surface area contributed by atoms with Gasteiger partial charge in [-0.25, -0.2) is 8.78 Å². The zero-order chi connectivity index (χ0) is 17.4. The number of ketones is 1. The lowest BCUT2D eigenvalue weighted by molar-refractivity contribution is 0.101. The second kappa shape index (κ2) is 5.85. The minimum atomic E-state index is -2.65. The van der Waals surface area contributed by atoms with Gasteiger partial charge in [0.2, 0.25) is 0 Å². The molecule has 3 rings (SSSR count). The van der Waals surface area contributed by atoms with Gasteiger partial charge in [0.15, 0.2) is 5.78 Å². The Kier molecular flexibility index (Phi) is 3.86. The molecule has 0 aliphatic rings. The van der Waals surface area contributed by atoms with Crippen molar-refractivity contribution in [1.29, 1.82) is 5.26 Å². The summed E-state index contributed by atoms with van der Waals surface area (Å²) in [6, 6.07) is 10.1. The summed E-state index contributed by atoms with van der Waals surface area (Å²) in [5, 5.41) is 8.90. The molecule has 2 heterocycles. The Balaban J connectivity index is 2.36. The van der Waals surface area contributed by atoms with E-state index < -0.39 is 6.43 Å². The highest BCUT2D eigenvalue weighted by Gasteiger charge is 2.21. The SMILES string of the molecule is CC(=O)c1c(C)n(-c2ccc(C#N)cc2)c2cc(C(F)F)cnc12. The van der Waals surface area contributed by atoms with E-state index in [9.17, 15) is 13.6 Å². The number of fused-ring (bicyclic) bond motifs is 1. The third kappa shape index (κ3) is 2.44. The molecule has 0 saturated carbocycles. The molecule has 3 aromatic rings. The van der Waals surface area contributed by atoms with Crippen molar-refractivity contribution < 1.29 is 13.6 Å². The molecule has 120 valence electrons. The van der Waals surface area contributed by atoms with Crippen molar-refractivity contribution in [3.05, 3.63) is 58.9 Å². The minimum absolute atomic E-state index is 0.179. The molecule has 0 aliphatic heterocycles. The lowest BCUT2D eigenvalue weighted by Crippen LogP contribution is -2.00. The van der Waals surface area contributed by atoms with Crippen molar-refractivity contribution in [3.63, 3.8) is 0 Å². The van der Waals surface area contributed by atoms with Crippen molar-refractivity contribution in [2.75, 3.05) is 0 Å². The minimum Gasteiger partial charge on any atom is -0.312 e. The Morgan fingerprint density at radius 3 is 2.50 bits per heavy atom. The van der Waals surface area contributed by atoms with Crippen molar-refractivity contribution in [2.45, 2.75) is 20.3 Å². The molecule has 0 saturated heterocycles. The van der Waals surface area contributed by atoms with Gasteiger partial charge in [0.1, 0.15) is 0 Å². The normalized spacial score (nSPS) is 11.0. The standard InChI is InChI=1S/C18H13F2N3O/c1-10-16(11(2)24)17-15(7-13(9-22-17)18(19)20)23(10)14-5-3-12(8-21)4-6-14/h3-7,9,18H,1-2H3. The number of carbonyl (C=O) groups excluding carboxylic acids is 1. The molecule has 6 heteroatoms. The van der Waals surface area contributed by atoms with Crippen molar-refractivity contribution >= 4 is 16.8 Å². The first-order valence-corrected chi connectivity index (χ1v) is 7.24. The van der Waals surface area contributed by atoms with Crippen LogP contribution in [0.25, 0.3) is 16.7 Å². The van der Waals surface area contributed by atoms with Crippen LogP contribution >= 0.6 is 0 Å². The Hall–Kier alpha value is -3.07. The Morgan fingerprint density at radius 2 is 1.96 bits per heavy atom. The van der Waals surface area contributed by atoms with Gasteiger partial charge < -0.3 is 4.57 Å². The van der Waals surface area contributed by atoms with Crippen LogP contribution in [-0.4, -0.2) is 15.3 Å². The van der Waals surface area contributed by atoms with Crippen LogP contribution in [0.1, 0.15) is 40.5 Å². The van der Waals surface area contributed by atoms with E-state index >= 15 is 0 Å². The molecule has 24 heavy (non-hydrogen) atoms. The summed E-state index contributed by atoms with van der Waals surface area (Å²) in [6.45, 7) is 3.17. The summed E-state index contributed by atoms with van der Waals surface area (Å²) in [6.07, 6.45) is -1.55. The quantitative estimate of drug-likeness (QED) is 0.673. The van der Waals surface area contributed by atoms with Crippen molar-refractivity contribution in [3.8, 4) is 11.8 Å². The smallest absolute Gasteiger partial charge is 0.265 e. The summed E-state index contributed by atoms with van der Waals surface area (Å²) in [5.41, 5.74) is 2.85. The zero-order valence-electron chi connectivity index (χ0n) is 13.0. The molecule has 0 bridgehead atoms. The number of hydrogen-bond acceptors (Lipinski definition) is 3. The average Bonchev–Trinajstić information content (AvgIpc) is 2.86. The highest BCUT2D eigenvalue weighted by atomic mass is 19.3. The molecule has 0 radical (unpaired) electrons. The number of nitrogens with zero attached hydrogens (tertiary/aromatic N) is 3. The predicted molar refractivity (Wildman–Crippen MR) is 85.5 cm³/mol. The highest BCUT2D eigenvalue weighted by Crippen LogP contribution is 2.31. The molecule has 2 aromatic heterocycles. The van der Waals surface area contributed by atoms with E-state index in [2.05, 4.69) is 4.98 Å². The van der Waals surface area contributed by atoms with Gasteiger partial charge in [-0.3, -0.25) is 9.78 Å². The fraction of sp³-hybridized carbons (Fsp3) is 0.167. The number of nitriles is 1. The third-order valence-electron chi connectivity index (χ3n) is 3.92. The first-order valence-electron chi connectivity index (χ1n) is 7.24. The van der Waals surface area contributed by atoms with Crippen molar-refractivity contribution in [2.24, 2.45) is 0 Å². The summed E-state index contributed by atoms with van der Waals surface area (Å²) < 4.78 is 27.8. The van der Waals surface area contributed by atoms with E-state index in [1.165, 1.54) is 13.0 Å². The van der Waals surface area contributed by atoms with Crippen LogP contribution in [0.15, 0.2) is 36.5 Å². The van der Waals surface area contributed by atoms with Crippen LogP contribution < -0.4 is 0 Å². The molecular weight excluding hydrogens is 312 g/mol. The van der Waals surface area contributed by atoms with Gasteiger partial charge in [0, 0.05) is 23.1 Å². The molecule has 0 amide bonds. The molecular formula is C18H13F2N3O. The number of hydrogen-bond donors (Lipinski definition) is 0. The molecule has 0 fully saturated rings. The number of carbonyl (C=O) groups is 1. The van der Waals surface area contributed by atoms with Gasteiger partial charge in [-0.05, 0) is 44.2 Å². The lowest BCUT2D eigenvalue weighted by atomic mass is 10.1. The van der Waals surface area contributed by atoms with E-state index in [4.69, 9.17) is 5.26 Å². The predicted octanol–water partition coefficient (Wildman–Crippen LogP) is 4.35. The molecule has 0 N–H and O–H groups in total. The molecule has 0 spiro atoms. The van der Waals surface area contributed by atoms with Crippen LogP contribution in [0, 0.1) is 18.3 Å². The molecule has 0 unspecified atom stereocenters. The van der Waals surface area contributed by atoms with Crippen LogP contribution in [0.2, 0.25) is 0 Å². The Morgan fingerprint density at radius 1 is 1.29 bits per heavy atom. The monoisotopic (exact) mass is 325 g/mol. The number of halogens is 2. The zero-order valence-corrected chi connectivity index (χ0v) is 13.0. The maximum atomic E-state index is 13.0.